The van der Waals surface area contributed by atoms with Gasteiger partial charge < -0.3 is 5.32 Å². The van der Waals surface area contributed by atoms with Gasteiger partial charge in [0, 0.05) is 11.4 Å². The molecule has 1 atom stereocenters. The van der Waals surface area contributed by atoms with Crippen molar-refractivity contribution in [2.45, 2.75) is 45.6 Å². The highest BCUT2D eigenvalue weighted by molar-refractivity contribution is 9.09. The number of hydrogen-bond acceptors (Lipinski definition) is 4. The summed E-state index contributed by atoms with van der Waals surface area (Å²) in [4.78, 5) is 12.7. The molecule has 0 aromatic carbocycles. The molecule has 0 aliphatic heterocycles. The number of hydrogen-bond donors (Lipinski definition) is 1. The molecule has 96 valence electrons. The van der Waals surface area contributed by atoms with Crippen LogP contribution in [-0.2, 0) is 0 Å². The van der Waals surface area contributed by atoms with Gasteiger partial charge in [0.25, 0.3) is 5.91 Å². The maximum Gasteiger partial charge on any atom is 0.265 e. The highest BCUT2D eigenvalue weighted by Crippen LogP contribution is 2.19. The molecular formula is C11H18BrN3OS. The molecule has 1 heterocycles. The van der Waals surface area contributed by atoms with E-state index in [0.717, 1.165) is 23.9 Å². The van der Waals surface area contributed by atoms with Gasteiger partial charge in [-0.1, -0.05) is 34.3 Å². The Morgan fingerprint density at radius 3 is 2.76 bits per heavy atom. The van der Waals surface area contributed by atoms with E-state index in [2.05, 4.69) is 30.8 Å². The van der Waals surface area contributed by atoms with Crippen LogP contribution in [0.25, 0.3) is 0 Å². The van der Waals surface area contributed by atoms with E-state index in [1.165, 1.54) is 11.5 Å². The van der Waals surface area contributed by atoms with Gasteiger partial charge in [-0.3, -0.25) is 4.79 Å². The summed E-state index contributed by atoms with van der Waals surface area (Å²) < 4.78 is 3.86. The van der Waals surface area contributed by atoms with Crippen LogP contribution in [0.3, 0.4) is 0 Å². The van der Waals surface area contributed by atoms with Crippen molar-refractivity contribution in [2.24, 2.45) is 0 Å². The van der Waals surface area contributed by atoms with Gasteiger partial charge in [0.1, 0.15) is 4.88 Å². The topological polar surface area (TPSA) is 54.9 Å². The third-order valence-electron chi connectivity index (χ3n) is 2.41. The maximum atomic E-state index is 12.0. The number of halogens is 1. The summed E-state index contributed by atoms with van der Waals surface area (Å²) in [5.74, 6) is 0.179. The van der Waals surface area contributed by atoms with E-state index in [-0.39, 0.29) is 17.9 Å². The molecule has 1 amide bonds. The van der Waals surface area contributed by atoms with Crippen molar-refractivity contribution < 1.29 is 4.79 Å². The number of aromatic nitrogens is 2. The molecule has 1 aromatic rings. The minimum absolute atomic E-state index is 0.0502. The molecule has 0 spiro atoms. The first kappa shape index (κ1) is 14.6. The second-order valence-electron chi connectivity index (χ2n) is 4.35. The molecule has 0 aliphatic carbocycles. The van der Waals surface area contributed by atoms with E-state index in [4.69, 9.17) is 0 Å². The Morgan fingerprint density at radius 1 is 1.47 bits per heavy atom. The normalized spacial score (nSPS) is 12.8. The average molecular weight is 320 g/mol. The minimum Gasteiger partial charge on any atom is -0.349 e. The lowest BCUT2D eigenvalue weighted by atomic mass is 10.1. The van der Waals surface area contributed by atoms with E-state index in [0.29, 0.717) is 4.88 Å². The fourth-order valence-corrected chi connectivity index (χ4v) is 2.52. The number of carbonyl (C=O) groups is 1. The summed E-state index contributed by atoms with van der Waals surface area (Å²) >= 11 is 4.55. The molecule has 1 N–H and O–H groups in total. The lowest BCUT2D eigenvalue weighted by molar-refractivity contribution is 0.0941. The summed E-state index contributed by atoms with van der Waals surface area (Å²) in [7, 11) is 0. The minimum atomic E-state index is -0.0502. The third-order valence-corrected chi connectivity index (χ3v) is 3.72. The molecule has 4 nitrogen and oxygen atoms in total. The van der Waals surface area contributed by atoms with Crippen molar-refractivity contribution in [3.8, 4) is 0 Å². The van der Waals surface area contributed by atoms with Gasteiger partial charge in [0.2, 0.25) is 0 Å². The number of carbonyl (C=O) groups excluding carboxylic acids is 1. The monoisotopic (exact) mass is 319 g/mol. The van der Waals surface area contributed by atoms with Crippen LogP contribution in [0.1, 0.15) is 54.9 Å². The second kappa shape index (κ2) is 7.06. The first-order valence-corrected chi connectivity index (χ1v) is 7.64. The van der Waals surface area contributed by atoms with Crippen molar-refractivity contribution >= 4 is 33.4 Å². The Morgan fingerprint density at radius 2 is 2.18 bits per heavy atom. The van der Waals surface area contributed by atoms with Crippen LogP contribution < -0.4 is 5.32 Å². The lowest BCUT2D eigenvalue weighted by Crippen LogP contribution is -2.32. The summed E-state index contributed by atoms with van der Waals surface area (Å²) in [6.45, 7) is 6.05. The lowest BCUT2D eigenvalue weighted by Gasteiger charge is -2.13. The maximum absolute atomic E-state index is 12.0. The van der Waals surface area contributed by atoms with Crippen LogP contribution in [-0.4, -0.2) is 26.9 Å². The Labute approximate surface area is 114 Å². The van der Waals surface area contributed by atoms with Crippen LogP contribution in [0.5, 0.6) is 0 Å². The van der Waals surface area contributed by atoms with Gasteiger partial charge in [0.15, 0.2) is 0 Å². The van der Waals surface area contributed by atoms with E-state index < -0.39 is 0 Å². The molecule has 0 saturated carbocycles. The molecule has 1 rings (SSSR count). The zero-order chi connectivity index (χ0) is 12.8. The molecule has 0 aliphatic rings. The largest absolute Gasteiger partial charge is 0.349 e. The third kappa shape index (κ3) is 4.35. The standard InChI is InChI=1S/C11H18BrN3OS/c1-7(2)9-10(17-15-14-9)11(16)13-8(3)5-4-6-12/h7-8H,4-6H2,1-3H3,(H,13,16). The van der Waals surface area contributed by atoms with Gasteiger partial charge in [0.05, 0.1) is 5.69 Å². The molecule has 17 heavy (non-hydrogen) atoms. The first-order valence-electron chi connectivity index (χ1n) is 5.75. The van der Waals surface area contributed by atoms with E-state index in [1.54, 1.807) is 0 Å². The Hall–Kier alpha value is -0.490. The van der Waals surface area contributed by atoms with Crippen LogP contribution in [0, 0.1) is 0 Å². The number of amides is 1. The summed E-state index contributed by atoms with van der Waals surface area (Å²) in [5.41, 5.74) is 0.792. The molecule has 0 fully saturated rings. The number of rotatable bonds is 6. The molecular weight excluding hydrogens is 302 g/mol. The summed E-state index contributed by atoms with van der Waals surface area (Å²) in [6.07, 6.45) is 2.03. The molecule has 0 saturated heterocycles. The number of alkyl halides is 1. The highest BCUT2D eigenvalue weighted by atomic mass is 79.9. The van der Waals surface area contributed by atoms with Gasteiger partial charge in [-0.25, -0.2) is 0 Å². The zero-order valence-electron chi connectivity index (χ0n) is 10.4. The molecule has 1 unspecified atom stereocenters. The predicted molar refractivity (Wildman–Crippen MR) is 74.0 cm³/mol. The quantitative estimate of drug-likeness (QED) is 0.820. The van der Waals surface area contributed by atoms with Crippen molar-refractivity contribution in [1.82, 2.24) is 14.9 Å². The fraction of sp³-hybridized carbons (Fsp3) is 0.727. The van der Waals surface area contributed by atoms with Crippen LogP contribution >= 0.6 is 27.5 Å². The molecule has 6 heteroatoms. The average Bonchev–Trinajstić information content (AvgIpc) is 2.75. The van der Waals surface area contributed by atoms with Gasteiger partial charge in [-0.2, -0.15) is 0 Å². The fourth-order valence-electron chi connectivity index (χ4n) is 1.48. The number of nitrogens with zero attached hydrogens (tertiary/aromatic N) is 2. The first-order chi connectivity index (χ1) is 8.06. The van der Waals surface area contributed by atoms with E-state index >= 15 is 0 Å². The van der Waals surface area contributed by atoms with Gasteiger partial charge in [-0.15, -0.1) is 5.10 Å². The zero-order valence-corrected chi connectivity index (χ0v) is 12.8. The van der Waals surface area contributed by atoms with E-state index in [9.17, 15) is 4.79 Å². The Bertz CT molecular complexity index is 367. The molecule has 0 radical (unpaired) electrons. The summed E-state index contributed by atoms with van der Waals surface area (Å²) in [5, 5.41) is 7.95. The van der Waals surface area contributed by atoms with Crippen LogP contribution in [0.2, 0.25) is 0 Å². The van der Waals surface area contributed by atoms with Gasteiger partial charge in [-0.05, 0) is 37.2 Å². The number of nitrogens with one attached hydrogen (secondary N) is 1. The van der Waals surface area contributed by atoms with Crippen LogP contribution in [0.15, 0.2) is 0 Å². The predicted octanol–water partition coefficient (Wildman–Crippen LogP) is 2.95. The van der Waals surface area contributed by atoms with Gasteiger partial charge >= 0.3 is 0 Å². The molecule has 0 bridgehead atoms. The SMILES string of the molecule is CC(CCCBr)NC(=O)c1snnc1C(C)C. The Kier molecular flexibility index (Phi) is 6.05. The Balaban J connectivity index is 2.60. The second-order valence-corrected chi connectivity index (χ2v) is 5.89. The molecule has 1 aromatic heterocycles. The van der Waals surface area contributed by atoms with Crippen molar-refractivity contribution in [2.75, 3.05) is 5.33 Å². The summed E-state index contributed by atoms with van der Waals surface area (Å²) in [6, 6.07) is 0.183. The van der Waals surface area contributed by atoms with Crippen molar-refractivity contribution in [3.63, 3.8) is 0 Å². The van der Waals surface area contributed by atoms with Crippen LogP contribution in [0.4, 0.5) is 0 Å². The smallest absolute Gasteiger partial charge is 0.265 e. The van der Waals surface area contributed by atoms with E-state index in [1.807, 2.05) is 20.8 Å². The van der Waals surface area contributed by atoms with Crippen molar-refractivity contribution in [1.29, 1.82) is 0 Å². The van der Waals surface area contributed by atoms with Crippen molar-refractivity contribution in [3.05, 3.63) is 10.6 Å². The highest BCUT2D eigenvalue weighted by Gasteiger charge is 2.19.